The van der Waals surface area contributed by atoms with Gasteiger partial charge in [0, 0.05) is 25.8 Å². The summed E-state index contributed by atoms with van der Waals surface area (Å²) in [4.78, 5) is 0.144. The lowest BCUT2D eigenvalue weighted by Crippen LogP contribution is -2.40. The van der Waals surface area contributed by atoms with Crippen LogP contribution in [-0.2, 0) is 14.8 Å². The van der Waals surface area contributed by atoms with E-state index in [1.165, 1.54) is 10.4 Å². The zero-order chi connectivity index (χ0) is 13.2. The first kappa shape index (κ1) is 13.6. The van der Waals surface area contributed by atoms with Gasteiger partial charge in [0.15, 0.2) is 0 Å². The Morgan fingerprint density at radius 2 is 2.00 bits per heavy atom. The number of rotatable bonds is 3. The molecule has 0 bridgehead atoms. The first-order valence-corrected chi connectivity index (χ1v) is 7.42. The lowest BCUT2D eigenvalue weighted by molar-refractivity contribution is 0.0730. The van der Waals surface area contributed by atoms with Crippen LogP contribution in [0.25, 0.3) is 0 Å². The molecule has 0 unspecified atom stereocenters. The van der Waals surface area contributed by atoms with E-state index in [0.29, 0.717) is 26.3 Å². The minimum Gasteiger partial charge on any atom is -0.388 e. The van der Waals surface area contributed by atoms with Crippen LogP contribution in [0.15, 0.2) is 23.1 Å². The molecule has 1 saturated heterocycles. The Hall–Kier alpha value is -0.820. The molecule has 5 nitrogen and oxygen atoms in total. The molecule has 100 valence electrons. The molecule has 1 aromatic rings. The van der Waals surface area contributed by atoms with Crippen molar-refractivity contribution in [3.05, 3.63) is 23.2 Å². The maximum atomic E-state index is 12.4. The minimum absolute atomic E-state index is 0.144. The van der Waals surface area contributed by atoms with Crippen LogP contribution in [0.2, 0.25) is 5.02 Å². The molecule has 1 fully saturated rings. The van der Waals surface area contributed by atoms with E-state index < -0.39 is 10.0 Å². The summed E-state index contributed by atoms with van der Waals surface area (Å²) >= 11 is 6.03. The Bertz CT molecular complexity index is 527. The number of morpholine rings is 1. The standard InChI is InChI=1S/C11H15ClN2O3S/c1-13-9-2-3-11(10(12)8-9)18(15,16)14-4-6-17-7-5-14/h2-3,8,13H,4-7H2,1H3. The second-order valence-electron chi connectivity index (χ2n) is 3.91. The highest BCUT2D eigenvalue weighted by atomic mass is 35.5. The molecule has 1 aliphatic rings. The predicted molar refractivity (Wildman–Crippen MR) is 70.6 cm³/mol. The fraction of sp³-hybridized carbons (Fsp3) is 0.455. The fourth-order valence-corrected chi connectivity index (χ4v) is 3.72. The van der Waals surface area contributed by atoms with Gasteiger partial charge in [-0.2, -0.15) is 4.31 Å². The quantitative estimate of drug-likeness (QED) is 0.914. The van der Waals surface area contributed by atoms with Gasteiger partial charge in [0.1, 0.15) is 4.90 Å². The maximum Gasteiger partial charge on any atom is 0.244 e. The van der Waals surface area contributed by atoms with Crippen LogP contribution in [0.4, 0.5) is 5.69 Å². The van der Waals surface area contributed by atoms with Gasteiger partial charge >= 0.3 is 0 Å². The van der Waals surface area contributed by atoms with Gasteiger partial charge in [-0.25, -0.2) is 8.42 Å². The van der Waals surface area contributed by atoms with Crippen molar-refractivity contribution in [2.45, 2.75) is 4.90 Å². The number of hydrogen-bond donors (Lipinski definition) is 1. The van der Waals surface area contributed by atoms with E-state index in [9.17, 15) is 8.42 Å². The van der Waals surface area contributed by atoms with Crippen LogP contribution in [0, 0.1) is 0 Å². The third-order valence-corrected chi connectivity index (χ3v) is 5.19. The summed E-state index contributed by atoms with van der Waals surface area (Å²) < 4.78 is 31.3. The number of ether oxygens (including phenoxy) is 1. The van der Waals surface area contributed by atoms with E-state index in [0.717, 1.165) is 5.69 Å². The summed E-state index contributed by atoms with van der Waals surface area (Å²) in [6.07, 6.45) is 0. The summed E-state index contributed by atoms with van der Waals surface area (Å²) in [6, 6.07) is 4.83. The molecule has 0 aromatic heterocycles. The Morgan fingerprint density at radius 3 is 2.56 bits per heavy atom. The highest BCUT2D eigenvalue weighted by molar-refractivity contribution is 7.89. The topological polar surface area (TPSA) is 58.6 Å². The van der Waals surface area contributed by atoms with Gasteiger partial charge in [-0.1, -0.05) is 11.6 Å². The van der Waals surface area contributed by atoms with E-state index in [2.05, 4.69) is 5.32 Å². The number of benzene rings is 1. The molecule has 7 heteroatoms. The van der Waals surface area contributed by atoms with Crippen LogP contribution in [-0.4, -0.2) is 46.1 Å². The molecule has 1 aromatic carbocycles. The molecular formula is C11H15ClN2O3S. The second kappa shape index (κ2) is 5.44. The van der Waals surface area contributed by atoms with Crippen LogP contribution in [0.1, 0.15) is 0 Å². The van der Waals surface area contributed by atoms with E-state index >= 15 is 0 Å². The Kier molecular flexibility index (Phi) is 4.11. The summed E-state index contributed by atoms with van der Waals surface area (Å²) in [5, 5.41) is 3.14. The summed E-state index contributed by atoms with van der Waals surface area (Å²) in [6.45, 7) is 1.58. The highest BCUT2D eigenvalue weighted by Crippen LogP contribution is 2.27. The number of nitrogens with one attached hydrogen (secondary N) is 1. The van der Waals surface area contributed by atoms with Gasteiger partial charge in [-0.3, -0.25) is 0 Å². The average Bonchev–Trinajstić information content (AvgIpc) is 2.39. The van der Waals surface area contributed by atoms with Crippen LogP contribution >= 0.6 is 11.6 Å². The van der Waals surface area contributed by atoms with Crippen LogP contribution < -0.4 is 5.32 Å². The van der Waals surface area contributed by atoms with Gasteiger partial charge in [-0.05, 0) is 18.2 Å². The highest BCUT2D eigenvalue weighted by Gasteiger charge is 2.28. The van der Waals surface area contributed by atoms with Crippen molar-refractivity contribution in [3.8, 4) is 0 Å². The van der Waals surface area contributed by atoms with Gasteiger partial charge < -0.3 is 10.1 Å². The van der Waals surface area contributed by atoms with Crippen molar-refractivity contribution in [3.63, 3.8) is 0 Å². The first-order chi connectivity index (χ1) is 8.55. The normalized spacial score (nSPS) is 17.7. The van der Waals surface area contributed by atoms with Gasteiger partial charge in [0.2, 0.25) is 10.0 Å². The molecule has 0 aliphatic carbocycles. The zero-order valence-corrected chi connectivity index (χ0v) is 11.6. The van der Waals surface area contributed by atoms with Crippen LogP contribution in [0.3, 0.4) is 0 Å². The van der Waals surface area contributed by atoms with Gasteiger partial charge in [-0.15, -0.1) is 0 Å². The largest absolute Gasteiger partial charge is 0.388 e. The van der Waals surface area contributed by atoms with Crippen molar-refractivity contribution in [1.82, 2.24) is 4.31 Å². The molecule has 18 heavy (non-hydrogen) atoms. The minimum atomic E-state index is -3.52. The zero-order valence-electron chi connectivity index (χ0n) is 10.0. The lowest BCUT2D eigenvalue weighted by Gasteiger charge is -2.26. The number of sulfonamides is 1. The molecule has 0 spiro atoms. The first-order valence-electron chi connectivity index (χ1n) is 5.61. The van der Waals surface area contributed by atoms with Crippen molar-refractivity contribution < 1.29 is 13.2 Å². The molecule has 0 atom stereocenters. The average molecular weight is 291 g/mol. The third kappa shape index (κ3) is 2.61. The molecule has 1 heterocycles. The Labute approximate surface area is 112 Å². The predicted octanol–water partition coefficient (Wildman–Crippen LogP) is 1.40. The SMILES string of the molecule is CNc1ccc(S(=O)(=O)N2CCOCC2)c(Cl)c1. The van der Waals surface area contributed by atoms with Crippen molar-refractivity contribution in [2.75, 3.05) is 38.7 Å². The summed E-state index contributed by atoms with van der Waals surface area (Å²) in [5.41, 5.74) is 0.779. The smallest absolute Gasteiger partial charge is 0.244 e. The van der Waals surface area contributed by atoms with Crippen molar-refractivity contribution in [1.29, 1.82) is 0 Å². The number of nitrogens with zero attached hydrogens (tertiary/aromatic N) is 1. The number of hydrogen-bond acceptors (Lipinski definition) is 4. The lowest BCUT2D eigenvalue weighted by atomic mass is 10.3. The van der Waals surface area contributed by atoms with E-state index in [4.69, 9.17) is 16.3 Å². The van der Waals surface area contributed by atoms with Gasteiger partial charge in [0.25, 0.3) is 0 Å². The van der Waals surface area contributed by atoms with E-state index in [1.807, 2.05) is 0 Å². The molecular weight excluding hydrogens is 276 g/mol. The van der Waals surface area contributed by atoms with Crippen molar-refractivity contribution in [2.24, 2.45) is 0 Å². The third-order valence-electron chi connectivity index (χ3n) is 2.81. The maximum absolute atomic E-state index is 12.4. The fourth-order valence-electron chi connectivity index (χ4n) is 1.79. The molecule has 0 radical (unpaired) electrons. The number of halogens is 1. The summed E-state index contributed by atoms with van der Waals surface area (Å²) in [7, 11) is -1.77. The Morgan fingerprint density at radius 1 is 1.33 bits per heavy atom. The molecule has 1 N–H and O–H groups in total. The van der Waals surface area contributed by atoms with E-state index in [-0.39, 0.29) is 9.92 Å². The van der Waals surface area contributed by atoms with Crippen molar-refractivity contribution >= 4 is 27.3 Å². The molecule has 2 rings (SSSR count). The monoisotopic (exact) mass is 290 g/mol. The molecule has 0 saturated carbocycles. The summed E-state index contributed by atoms with van der Waals surface area (Å²) in [5.74, 6) is 0. The Balaban J connectivity index is 2.34. The van der Waals surface area contributed by atoms with E-state index in [1.54, 1.807) is 19.2 Å². The van der Waals surface area contributed by atoms with Gasteiger partial charge in [0.05, 0.1) is 18.2 Å². The number of anilines is 1. The second-order valence-corrected chi connectivity index (χ2v) is 6.23. The molecule has 0 amide bonds. The van der Waals surface area contributed by atoms with Crippen LogP contribution in [0.5, 0.6) is 0 Å². The molecule has 1 aliphatic heterocycles.